The van der Waals surface area contributed by atoms with E-state index in [1.807, 2.05) is 11.5 Å². The molecule has 2 aromatic rings. The second-order valence-corrected chi connectivity index (χ2v) is 4.64. The highest BCUT2D eigenvalue weighted by Crippen LogP contribution is 2.28. The van der Waals surface area contributed by atoms with Gasteiger partial charge in [-0.2, -0.15) is 0 Å². The molecule has 0 saturated heterocycles. The summed E-state index contributed by atoms with van der Waals surface area (Å²) in [5.41, 5.74) is 3.81. The summed E-state index contributed by atoms with van der Waals surface area (Å²) in [6.07, 6.45) is 0. The lowest BCUT2D eigenvalue weighted by Crippen LogP contribution is -1.81. The largest absolute Gasteiger partial charge is 0.0984 e. The first kappa shape index (κ1) is 11.0. The van der Waals surface area contributed by atoms with Crippen LogP contribution in [0, 0.1) is 6.92 Å². The van der Waals surface area contributed by atoms with Crippen molar-refractivity contribution in [1.29, 1.82) is 0 Å². The number of hydrogen-bond acceptors (Lipinski definition) is 1. The quantitative estimate of drug-likeness (QED) is 0.671. The molecular weight excluding hydrogens is 212 g/mol. The maximum atomic E-state index is 3.76. The Kier molecular flexibility index (Phi) is 3.47. The molecule has 0 amide bonds. The van der Waals surface area contributed by atoms with Gasteiger partial charge in [0, 0.05) is 4.90 Å². The van der Waals surface area contributed by atoms with E-state index in [1.54, 1.807) is 11.8 Å². The van der Waals surface area contributed by atoms with E-state index in [2.05, 4.69) is 56.0 Å². The molecule has 0 radical (unpaired) electrons. The molecule has 0 spiro atoms. The van der Waals surface area contributed by atoms with Gasteiger partial charge in [0.1, 0.15) is 0 Å². The smallest absolute Gasteiger partial charge is 0.0151 e. The van der Waals surface area contributed by atoms with Crippen LogP contribution in [0.15, 0.2) is 65.4 Å². The number of benzene rings is 2. The van der Waals surface area contributed by atoms with Gasteiger partial charge in [-0.25, -0.2) is 0 Å². The normalized spacial score (nSPS) is 10.1. The van der Waals surface area contributed by atoms with Crippen molar-refractivity contribution >= 4 is 11.8 Å². The Labute approximate surface area is 101 Å². The SMILES string of the molecule is C=CSc1cc(-c2ccccc2)ccc1C. The molecule has 1 heteroatoms. The summed E-state index contributed by atoms with van der Waals surface area (Å²) >= 11 is 1.67. The van der Waals surface area contributed by atoms with Gasteiger partial charge in [-0.1, -0.05) is 60.8 Å². The molecule has 0 saturated carbocycles. The average Bonchev–Trinajstić information content (AvgIpc) is 2.33. The lowest BCUT2D eigenvalue weighted by atomic mass is 10.0. The molecule has 0 heterocycles. The van der Waals surface area contributed by atoms with Crippen LogP contribution in [0.3, 0.4) is 0 Å². The molecule has 2 rings (SSSR count). The van der Waals surface area contributed by atoms with Crippen LogP contribution in [0.5, 0.6) is 0 Å². The van der Waals surface area contributed by atoms with Crippen molar-refractivity contribution in [3.05, 3.63) is 66.1 Å². The fourth-order valence-electron chi connectivity index (χ4n) is 1.63. The number of aryl methyl sites for hydroxylation is 1. The third-order valence-electron chi connectivity index (χ3n) is 2.51. The standard InChI is InChI=1S/C15H14S/c1-3-16-15-11-14(10-9-12(15)2)13-7-5-4-6-8-13/h3-11H,1H2,2H3. The molecule has 0 nitrogen and oxygen atoms in total. The van der Waals surface area contributed by atoms with Gasteiger partial charge in [-0.05, 0) is 35.1 Å². The van der Waals surface area contributed by atoms with Gasteiger partial charge < -0.3 is 0 Å². The molecule has 0 unspecified atom stereocenters. The van der Waals surface area contributed by atoms with E-state index in [4.69, 9.17) is 0 Å². The lowest BCUT2D eigenvalue weighted by Gasteiger charge is -2.06. The molecule has 0 N–H and O–H groups in total. The van der Waals surface area contributed by atoms with Gasteiger partial charge >= 0.3 is 0 Å². The van der Waals surface area contributed by atoms with Crippen LogP contribution >= 0.6 is 11.8 Å². The Balaban J connectivity index is 2.43. The van der Waals surface area contributed by atoms with Crippen LogP contribution in [-0.2, 0) is 0 Å². The highest BCUT2D eigenvalue weighted by Gasteiger charge is 2.01. The van der Waals surface area contributed by atoms with E-state index in [-0.39, 0.29) is 0 Å². The second kappa shape index (κ2) is 5.04. The van der Waals surface area contributed by atoms with Gasteiger partial charge in [0.25, 0.3) is 0 Å². The summed E-state index contributed by atoms with van der Waals surface area (Å²) in [4.78, 5) is 1.27. The highest BCUT2D eigenvalue weighted by molar-refractivity contribution is 8.02. The number of thioether (sulfide) groups is 1. The van der Waals surface area contributed by atoms with E-state index >= 15 is 0 Å². The predicted molar refractivity (Wildman–Crippen MR) is 72.7 cm³/mol. The molecule has 0 fully saturated rings. The van der Waals surface area contributed by atoms with Crippen molar-refractivity contribution in [3.8, 4) is 11.1 Å². The summed E-state index contributed by atoms with van der Waals surface area (Å²) in [5, 5.41) is 1.87. The fraction of sp³-hybridized carbons (Fsp3) is 0.0667. The minimum atomic E-state index is 1.26. The molecule has 0 aliphatic rings. The van der Waals surface area contributed by atoms with Crippen molar-refractivity contribution in [2.45, 2.75) is 11.8 Å². The predicted octanol–water partition coefficient (Wildman–Crippen LogP) is 4.90. The minimum Gasteiger partial charge on any atom is -0.0984 e. The first-order valence-corrected chi connectivity index (χ1v) is 6.13. The Hall–Kier alpha value is -1.47. The van der Waals surface area contributed by atoms with Crippen LogP contribution in [-0.4, -0.2) is 0 Å². The molecule has 0 aromatic heterocycles. The average molecular weight is 226 g/mol. The number of hydrogen-bond donors (Lipinski definition) is 0. The third-order valence-corrected chi connectivity index (χ3v) is 3.37. The van der Waals surface area contributed by atoms with Gasteiger partial charge in [0.2, 0.25) is 0 Å². The molecular formula is C15H14S. The Morgan fingerprint density at radius 3 is 2.44 bits per heavy atom. The van der Waals surface area contributed by atoms with Crippen molar-refractivity contribution in [3.63, 3.8) is 0 Å². The van der Waals surface area contributed by atoms with Crippen LogP contribution in [0.1, 0.15) is 5.56 Å². The van der Waals surface area contributed by atoms with E-state index in [1.165, 1.54) is 21.6 Å². The second-order valence-electron chi connectivity index (χ2n) is 3.63. The van der Waals surface area contributed by atoms with E-state index in [0.29, 0.717) is 0 Å². The first-order chi connectivity index (χ1) is 7.81. The molecule has 0 atom stereocenters. The zero-order valence-electron chi connectivity index (χ0n) is 9.31. The van der Waals surface area contributed by atoms with Crippen molar-refractivity contribution < 1.29 is 0 Å². The maximum Gasteiger partial charge on any atom is 0.0151 e. The molecule has 0 aliphatic carbocycles. The minimum absolute atomic E-state index is 1.26. The first-order valence-electron chi connectivity index (χ1n) is 5.25. The van der Waals surface area contributed by atoms with Crippen molar-refractivity contribution in [2.75, 3.05) is 0 Å². The van der Waals surface area contributed by atoms with Crippen LogP contribution in [0.25, 0.3) is 11.1 Å². The van der Waals surface area contributed by atoms with Gasteiger partial charge in [0.15, 0.2) is 0 Å². The summed E-state index contributed by atoms with van der Waals surface area (Å²) in [6.45, 7) is 5.89. The highest BCUT2D eigenvalue weighted by atomic mass is 32.2. The molecule has 2 aromatic carbocycles. The zero-order valence-corrected chi connectivity index (χ0v) is 10.1. The van der Waals surface area contributed by atoms with Crippen LogP contribution < -0.4 is 0 Å². The van der Waals surface area contributed by atoms with Crippen LogP contribution in [0.4, 0.5) is 0 Å². The van der Waals surface area contributed by atoms with Gasteiger partial charge in [-0.3, -0.25) is 0 Å². The summed E-state index contributed by atoms with van der Waals surface area (Å²) in [5.74, 6) is 0. The van der Waals surface area contributed by atoms with E-state index in [9.17, 15) is 0 Å². The van der Waals surface area contributed by atoms with E-state index < -0.39 is 0 Å². The van der Waals surface area contributed by atoms with Crippen molar-refractivity contribution in [2.24, 2.45) is 0 Å². The molecule has 0 bridgehead atoms. The Morgan fingerprint density at radius 1 is 1.00 bits per heavy atom. The third kappa shape index (κ3) is 2.37. The van der Waals surface area contributed by atoms with Crippen molar-refractivity contribution in [1.82, 2.24) is 0 Å². The molecule has 80 valence electrons. The summed E-state index contributed by atoms with van der Waals surface area (Å²) in [7, 11) is 0. The van der Waals surface area contributed by atoms with Gasteiger partial charge in [0.05, 0.1) is 0 Å². The topological polar surface area (TPSA) is 0 Å². The van der Waals surface area contributed by atoms with Gasteiger partial charge in [-0.15, -0.1) is 0 Å². The maximum absolute atomic E-state index is 3.76. The summed E-state index contributed by atoms with van der Waals surface area (Å²) in [6, 6.07) is 17.0. The fourth-order valence-corrected chi connectivity index (χ4v) is 2.26. The molecule has 0 aliphatic heterocycles. The Bertz CT molecular complexity index is 486. The summed E-state index contributed by atoms with van der Waals surface area (Å²) < 4.78 is 0. The Morgan fingerprint density at radius 2 is 1.75 bits per heavy atom. The monoisotopic (exact) mass is 226 g/mol. The lowest BCUT2D eigenvalue weighted by molar-refractivity contribution is 1.31. The number of rotatable bonds is 3. The zero-order chi connectivity index (χ0) is 11.4. The molecule has 16 heavy (non-hydrogen) atoms. The van der Waals surface area contributed by atoms with Crippen LogP contribution in [0.2, 0.25) is 0 Å². The van der Waals surface area contributed by atoms with E-state index in [0.717, 1.165) is 0 Å².